The molecule has 0 saturated carbocycles. The largest absolute Gasteiger partial charge is 0.382 e. The number of ether oxygens (including phenoxy) is 3. The van der Waals surface area contributed by atoms with E-state index in [0.717, 1.165) is 19.8 Å². The summed E-state index contributed by atoms with van der Waals surface area (Å²) in [7, 11) is 3.59. The second kappa shape index (κ2) is 5.48. The molecule has 1 atom stereocenters. The van der Waals surface area contributed by atoms with Crippen LogP contribution in [-0.2, 0) is 14.2 Å². The molecule has 1 aliphatic heterocycles. The fourth-order valence-corrected chi connectivity index (χ4v) is 1.12. The Balaban J connectivity index is 2.11. The van der Waals surface area contributed by atoms with Crippen molar-refractivity contribution in [2.75, 3.05) is 40.5 Å². The predicted molar refractivity (Wildman–Crippen MR) is 45.3 cm³/mol. The van der Waals surface area contributed by atoms with Gasteiger partial charge in [-0.15, -0.1) is 0 Å². The molecule has 0 spiro atoms. The lowest BCUT2D eigenvalue weighted by molar-refractivity contribution is -0.162. The zero-order valence-corrected chi connectivity index (χ0v) is 7.71. The highest BCUT2D eigenvalue weighted by Crippen LogP contribution is 2.08. The van der Waals surface area contributed by atoms with Gasteiger partial charge >= 0.3 is 0 Å². The van der Waals surface area contributed by atoms with Gasteiger partial charge in [-0.1, -0.05) is 0 Å². The summed E-state index contributed by atoms with van der Waals surface area (Å²) in [6.45, 7) is 2.91. The van der Waals surface area contributed by atoms with Gasteiger partial charge in [-0.25, -0.2) is 0 Å². The molecule has 0 radical (unpaired) electrons. The monoisotopic (exact) mass is 175 g/mol. The number of rotatable bonds is 6. The van der Waals surface area contributed by atoms with Gasteiger partial charge in [0.2, 0.25) is 0 Å². The van der Waals surface area contributed by atoms with E-state index in [2.05, 4.69) is 5.32 Å². The summed E-state index contributed by atoms with van der Waals surface area (Å²) < 4.78 is 15.7. The van der Waals surface area contributed by atoms with Crippen molar-refractivity contribution in [3.63, 3.8) is 0 Å². The van der Waals surface area contributed by atoms with E-state index in [0.29, 0.717) is 6.61 Å². The summed E-state index contributed by atoms with van der Waals surface area (Å²) in [5, 5.41) is 3.06. The molecule has 72 valence electrons. The van der Waals surface area contributed by atoms with Gasteiger partial charge in [-0.05, 0) is 7.05 Å². The molecule has 1 unspecified atom stereocenters. The first-order chi connectivity index (χ1) is 5.86. The van der Waals surface area contributed by atoms with E-state index in [1.165, 1.54) is 0 Å². The van der Waals surface area contributed by atoms with Crippen molar-refractivity contribution < 1.29 is 14.2 Å². The van der Waals surface area contributed by atoms with Gasteiger partial charge in [0.15, 0.2) is 0 Å². The maximum atomic E-state index is 5.65. The van der Waals surface area contributed by atoms with Gasteiger partial charge in [-0.2, -0.15) is 0 Å². The topological polar surface area (TPSA) is 39.7 Å². The summed E-state index contributed by atoms with van der Waals surface area (Å²) in [6, 6.07) is 0. The molecule has 1 N–H and O–H groups in total. The molecule has 0 aromatic heterocycles. The Hall–Kier alpha value is -0.160. The van der Waals surface area contributed by atoms with Crippen molar-refractivity contribution in [1.29, 1.82) is 0 Å². The summed E-state index contributed by atoms with van der Waals surface area (Å²) >= 11 is 0. The standard InChI is InChI=1S/C8H17NO3/c1-9-3-7(4-10-2)12-8-5-11-6-8/h7-9H,3-6H2,1-2H3. The van der Waals surface area contributed by atoms with Crippen LogP contribution in [0.25, 0.3) is 0 Å². The van der Waals surface area contributed by atoms with Crippen molar-refractivity contribution in [1.82, 2.24) is 5.32 Å². The average Bonchev–Trinajstić information content (AvgIpc) is 1.97. The fourth-order valence-electron chi connectivity index (χ4n) is 1.12. The second-order valence-corrected chi connectivity index (χ2v) is 2.93. The maximum absolute atomic E-state index is 5.65. The van der Waals surface area contributed by atoms with Gasteiger partial charge in [0, 0.05) is 13.7 Å². The van der Waals surface area contributed by atoms with Gasteiger partial charge in [0.05, 0.1) is 25.9 Å². The van der Waals surface area contributed by atoms with Crippen LogP contribution in [-0.4, -0.2) is 52.7 Å². The number of methoxy groups -OCH3 is 1. The summed E-state index contributed by atoms with van der Waals surface area (Å²) in [5.41, 5.74) is 0. The summed E-state index contributed by atoms with van der Waals surface area (Å²) in [6.07, 6.45) is 0.424. The zero-order valence-electron chi connectivity index (χ0n) is 7.71. The van der Waals surface area contributed by atoms with E-state index >= 15 is 0 Å². The third-order valence-electron chi connectivity index (χ3n) is 1.78. The Kier molecular flexibility index (Phi) is 4.53. The third-order valence-corrected chi connectivity index (χ3v) is 1.78. The minimum Gasteiger partial charge on any atom is -0.382 e. The Morgan fingerprint density at radius 2 is 2.33 bits per heavy atom. The molecule has 0 bridgehead atoms. The third kappa shape index (κ3) is 3.06. The van der Waals surface area contributed by atoms with Crippen LogP contribution in [0.15, 0.2) is 0 Å². The van der Waals surface area contributed by atoms with Crippen LogP contribution in [0.1, 0.15) is 0 Å². The number of hydrogen-bond acceptors (Lipinski definition) is 4. The van der Waals surface area contributed by atoms with Crippen molar-refractivity contribution in [2.24, 2.45) is 0 Å². The molecule has 1 rings (SSSR count). The molecule has 0 aromatic rings. The first-order valence-electron chi connectivity index (χ1n) is 4.23. The van der Waals surface area contributed by atoms with Crippen LogP contribution < -0.4 is 5.32 Å². The number of likely N-dealkylation sites (N-methyl/N-ethyl adjacent to an activating group) is 1. The Morgan fingerprint density at radius 3 is 2.75 bits per heavy atom. The van der Waals surface area contributed by atoms with Crippen molar-refractivity contribution in [3.05, 3.63) is 0 Å². The predicted octanol–water partition coefficient (Wildman–Crippen LogP) is -0.364. The van der Waals surface area contributed by atoms with E-state index in [-0.39, 0.29) is 12.2 Å². The lowest BCUT2D eigenvalue weighted by Crippen LogP contribution is -2.43. The van der Waals surface area contributed by atoms with Gasteiger partial charge in [0.25, 0.3) is 0 Å². The molecule has 0 aliphatic carbocycles. The Labute approximate surface area is 73.2 Å². The van der Waals surface area contributed by atoms with Crippen LogP contribution in [0.3, 0.4) is 0 Å². The molecule has 1 saturated heterocycles. The summed E-state index contributed by atoms with van der Waals surface area (Å²) in [5.74, 6) is 0. The van der Waals surface area contributed by atoms with E-state index in [1.807, 2.05) is 7.05 Å². The second-order valence-electron chi connectivity index (χ2n) is 2.93. The van der Waals surface area contributed by atoms with E-state index in [4.69, 9.17) is 14.2 Å². The van der Waals surface area contributed by atoms with E-state index in [1.54, 1.807) is 7.11 Å². The lowest BCUT2D eigenvalue weighted by atomic mass is 10.3. The van der Waals surface area contributed by atoms with Crippen LogP contribution in [0.5, 0.6) is 0 Å². The first kappa shape index (κ1) is 9.92. The van der Waals surface area contributed by atoms with Crippen LogP contribution >= 0.6 is 0 Å². The van der Waals surface area contributed by atoms with Gasteiger partial charge < -0.3 is 19.5 Å². The molecule has 1 heterocycles. The maximum Gasteiger partial charge on any atom is 0.105 e. The quantitative estimate of drug-likeness (QED) is 0.598. The van der Waals surface area contributed by atoms with Crippen LogP contribution in [0.4, 0.5) is 0 Å². The Bertz CT molecular complexity index is 111. The fraction of sp³-hybridized carbons (Fsp3) is 1.00. The molecule has 1 fully saturated rings. The molecule has 1 aliphatic rings. The lowest BCUT2D eigenvalue weighted by Gasteiger charge is -2.30. The number of nitrogens with one attached hydrogen (secondary N) is 1. The van der Waals surface area contributed by atoms with Gasteiger partial charge in [0.1, 0.15) is 6.10 Å². The molecule has 0 amide bonds. The van der Waals surface area contributed by atoms with Crippen molar-refractivity contribution in [2.45, 2.75) is 12.2 Å². The Morgan fingerprint density at radius 1 is 1.58 bits per heavy atom. The minimum atomic E-state index is 0.147. The summed E-state index contributed by atoms with van der Waals surface area (Å²) in [4.78, 5) is 0. The van der Waals surface area contributed by atoms with Gasteiger partial charge in [-0.3, -0.25) is 0 Å². The minimum absolute atomic E-state index is 0.147. The molecule has 4 heteroatoms. The molecule has 12 heavy (non-hydrogen) atoms. The molecule has 0 aromatic carbocycles. The molecular weight excluding hydrogens is 158 g/mol. The normalized spacial score (nSPS) is 20.5. The number of hydrogen-bond donors (Lipinski definition) is 1. The molecular formula is C8H17NO3. The van der Waals surface area contributed by atoms with E-state index < -0.39 is 0 Å². The SMILES string of the molecule is CNCC(COC)OC1COC1. The molecule has 4 nitrogen and oxygen atoms in total. The highest BCUT2D eigenvalue weighted by Gasteiger charge is 2.22. The van der Waals surface area contributed by atoms with Crippen LogP contribution in [0.2, 0.25) is 0 Å². The smallest absolute Gasteiger partial charge is 0.105 e. The highest BCUT2D eigenvalue weighted by molar-refractivity contribution is 4.69. The van der Waals surface area contributed by atoms with E-state index in [9.17, 15) is 0 Å². The van der Waals surface area contributed by atoms with Crippen molar-refractivity contribution in [3.8, 4) is 0 Å². The van der Waals surface area contributed by atoms with Crippen molar-refractivity contribution >= 4 is 0 Å². The highest BCUT2D eigenvalue weighted by atomic mass is 16.6. The zero-order chi connectivity index (χ0) is 8.81. The first-order valence-corrected chi connectivity index (χ1v) is 4.23. The van der Waals surface area contributed by atoms with Crippen LogP contribution in [0, 0.1) is 0 Å². The average molecular weight is 175 g/mol.